The lowest BCUT2D eigenvalue weighted by Crippen LogP contribution is -2.35. The quantitative estimate of drug-likeness (QED) is 0.174. The van der Waals surface area contributed by atoms with Crippen molar-refractivity contribution in [1.82, 2.24) is 19.4 Å². The number of likely N-dealkylation sites (tertiary alicyclic amines) is 1. The van der Waals surface area contributed by atoms with Gasteiger partial charge in [-0.2, -0.15) is 0 Å². The Kier molecular flexibility index (Phi) is 9.28. The fraction of sp³-hybridized carbons (Fsp3) is 0.385. The highest BCUT2D eigenvalue weighted by molar-refractivity contribution is 6.36. The van der Waals surface area contributed by atoms with Gasteiger partial charge >= 0.3 is 5.69 Å². The van der Waals surface area contributed by atoms with Gasteiger partial charge in [0.1, 0.15) is 5.82 Å². The van der Waals surface area contributed by atoms with E-state index in [1.807, 2.05) is 23.0 Å². The highest BCUT2D eigenvalue weighted by Crippen LogP contribution is 2.36. The maximum Gasteiger partial charge on any atom is 0.311 e. The summed E-state index contributed by atoms with van der Waals surface area (Å²) in [6.45, 7) is 3.26. The predicted octanol–water partition coefficient (Wildman–Crippen LogP) is 4.42. The van der Waals surface area contributed by atoms with Crippen LogP contribution in [0.15, 0.2) is 42.7 Å². The third kappa shape index (κ3) is 7.39. The molecule has 0 unspecified atom stereocenters. The van der Waals surface area contributed by atoms with Gasteiger partial charge in [-0.25, -0.2) is 4.98 Å². The first-order chi connectivity index (χ1) is 18.6. The number of pyridine rings is 1. The monoisotopic (exact) mass is 574 g/mol. The largest absolute Gasteiger partial charge is 0.378 e. The van der Waals surface area contributed by atoms with Gasteiger partial charge in [-0.15, -0.1) is 0 Å². The van der Waals surface area contributed by atoms with Crippen molar-refractivity contribution < 1.29 is 9.72 Å². The molecule has 1 amide bonds. The number of nitrogens with two attached hydrogens (primary N) is 1. The van der Waals surface area contributed by atoms with Gasteiger partial charge in [0, 0.05) is 66.8 Å². The summed E-state index contributed by atoms with van der Waals surface area (Å²) in [7, 11) is 4.12. The molecule has 1 aliphatic heterocycles. The highest BCUT2D eigenvalue weighted by Gasteiger charge is 2.26. The molecule has 1 fully saturated rings. The zero-order chi connectivity index (χ0) is 28.1. The Morgan fingerprint density at radius 1 is 1.23 bits per heavy atom. The number of hydrogen-bond acceptors (Lipinski definition) is 8. The Hall–Kier alpha value is -3.38. The van der Waals surface area contributed by atoms with E-state index < -0.39 is 4.92 Å². The summed E-state index contributed by atoms with van der Waals surface area (Å²) in [6, 6.07) is 8.60. The number of amides is 1. The maximum atomic E-state index is 13.0. The van der Waals surface area contributed by atoms with Crippen molar-refractivity contribution in [3.05, 3.63) is 62.9 Å². The molecule has 4 rings (SSSR count). The number of aromatic nitrogens is 2. The Labute approximate surface area is 237 Å². The van der Waals surface area contributed by atoms with Crippen LogP contribution in [-0.4, -0.2) is 76.5 Å². The number of nitro groups is 1. The van der Waals surface area contributed by atoms with Crippen molar-refractivity contribution in [2.24, 2.45) is 0 Å². The summed E-state index contributed by atoms with van der Waals surface area (Å²) in [5.41, 5.74) is 7.69. The van der Waals surface area contributed by atoms with E-state index in [2.05, 4.69) is 39.5 Å². The van der Waals surface area contributed by atoms with Crippen LogP contribution in [0.25, 0.3) is 11.1 Å². The molecule has 0 radical (unpaired) electrons. The van der Waals surface area contributed by atoms with Crippen LogP contribution in [0.4, 0.5) is 23.0 Å². The molecule has 4 N–H and O–H groups in total. The van der Waals surface area contributed by atoms with Crippen LogP contribution in [0.1, 0.15) is 12.8 Å². The van der Waals surface area contributed by atoms with Crippen molar-refractivity contribution in [2.75, 3.05) is 56.6 Å². The van der Waals surface area contributed by atoms with Gasteiger partial charge in [0.05, 0.1) is 22.2 Å². The highest BCUT2D eigenvalue weighted by atomic mass is 35.5. The molecule has 1 saturated heterocycles. The Morgan fingerprint density at radius 3 is 2.69 bits per heavy atom. The third-order valence-electron chi connectivity index (χ3n) is 6.72. The molecule has 1 aliphatic rings. The fourth-order valence-electron chi connectivity index (χ4n) is 4.63. The number of aryl methyl sites for hydroxylation is 1. The number of halogens is 2. The number of likely N-dealkylation sites (N-methyl/N-ethyl adjacent to an activating group) is 1. The molecule has 3 aromatic rings. The SMILES string of the molecule is CN(C)[C@@H]1CCN(CC(=O)Nc2cn(CCCNc3ccc([N+](=O)[O-])c(N)n3)cc2-c2ccc(Cl)cc2Cl)C1. The van der Waals surface area contributed by atoms with Gasteiger partial charge < -0.3 is 25.8 Å². The minimum atomic E-state index is -0.565. The molecule has 39 heavy (non-hydrogen) atoms. The van der Waals surface area contributed by atoms with E-state index in [1.165, 1.54) is 12.1 Å². The van der Waals surface area contributed by atoms with Crippen molar-refractivity contribution in [3.8, 4) is 11.1 Å². The molecular formula is C26H32Cl2N8O3. The van der Waals surface area contributed by atoms with Crippen LogP contribution in [0.2, 0.25) is 10.0 Å². The number of carbonyl (C=O) groups is 1. The number of nitrogens with one attached hydrogen (secondary N) is 2. The van der Waals surface area contributed by atoms with E-state index in [9.17, 15) is 14.9 Å². The molecule has 2 aromatic heterocycles. The lowest BCUT2D eigenvalue weighted by atomic mass is 10.1. The van der Waals surface area contributed by atoms with Gasteiger partial charge in [-0.3, -0.25) is 19.8 Å². The molecule has 1 atom stereocenters. The second-order valence-corrected chi connectivity index (χ2v) is 10.6. The molecule has 11 nitrogen and oxygen atoms in total. The summed E-state index contributed by atoms with van der Waals surface area (Å²) in [4.78, 5) is 31.8. The van der Waals surface area contributed by atoms with Crippen molar-refractivity contribution in [3.63, 3.8) is 0 Å². The lowest BCUT2D eigenvalue weighted by molar-refractivity contribution is -0.384. The summed E-state index contributed by atoms with van der Waals surface area (Å²) in [6.07, 6.45) is 5.60. The van der Waals surface area contributed by atoms with Crippen LogP contribution in [0.5, 0.6) is 0 Å². The van der Waals surface area contributed by atoms with Gasteiger partial charge in [-0.1, -0.05) is 29.3 Å². The first kappa shape index (κ1) is 28.6. The Balaban J connectivity index is 1.42. The number of hydrogen-bond donors (Lipinski definition) is 3. The van der Waals surface area contributed by atoms with E-state index in [-0.39, 0.29) is 17.4 Å². The molecule has 0 aliphatic carbocycles. The minimum absolute atomic E-state index is 0.0815. The fourth-order valence-corrected chi connectivity index (χ4v) is 5.14. The Bertz CT molecular complexity index is 1350. The zero-order valence-electron chi connectivity index (χ0n) is 21.9. The molecule has 1 aromatic carbocycles. The first-order valence-electron chi connectivity index (χ1n) is 12.6. The molecule has 0 bridgehead atoms. The van der Waals surface area contributed by atoms with Crippen LogP contribution >= 0.6 is 23.2 Å². The predicted molar refractivity (Wildman–Crippen MR) is 155 cm³/mol. The average Bonchev–Trinajstić information content (AvgIpc) is 3.49. The zero-order valence-corrected chi connectivity index (χ0v) is 23.4. The maximum absolute atomic E-state index is 13.0. The topological polar surface area (TPSA) is 135 Å². The van der Waals surface area contributed by atoms with Gasteiger partial charge in [0.25, 0.3) is 0 Å². The van der Waals surface area contributed by atoms with Crippen molar-refractivity contribution in [1.29, 1.82) is 0 Å². The molecule has 13 heteroatoms. The van der Waals surface area contributed by atoms with Gasteiger partial charge in [-0.05, 0) is 45.1 Å². The van der Waals surface area contributed by atoms with Crippen LogP contribution < -0.4 is 16.4 Å². The normalized spacial score (nSPS) is 15.6. The van der Waals surface area contributed by atoms with E-state index in [1.54, 1.807) is 12.1 Å². The number of carbonyl (C=O) groups excluding carboxylic acids is 1. The third-order valence-corrected chi connectivity index (χ3v) is 7.27. The van der Waals surface area contributed by atoms with Crippen LogP contribution in [-0.2, 0) is 11.3 Å². The van der Waals surface area contributed by atoms with Crippen LogP contribution in [0, 0.1) is 10.1 Å². The molecular weight excluding hydrogens is 543 g/mol. The van der Waals surface area contributed by atoms with Gasteiger partial charge in [0.15, 0.2) is 0 Å². The Morgan fingerprint density at radius 2 is 2.03 bits per heavy atom. The molecule has 208 valence electrons. The second kappa shape index (κ2) is 12.6. The molecule has 0 spiro atoms. The van der Waals surface area contributed by atoms with E-state index in [4.69, 9.17) is 28.9 Å². The summed E-state index contributed by atoms with van der Waals surface area (Å²) in [5, 5.41) is 18.2. The van der Waals surface area contributed by atoms with E-state index >= 15 is 0 Å². The van der Waals surface area contributed by atoms with Crippen molar-refractivity contribution in [2.45, 2.75) is 25.4 Å². The average molecular weight is 576 g/mol. The van der Waals surface area contributed by atoms with Crippen molar-refractivity contribution >= 4 is 52.1 Å². The summed E-state index contributed by atoms with van der Waals surface area (Å²) >= 11 is 12.6. The summed E-state index contributed by atoms with van der Waals surface area (Å²) in [5.74, 6) is 0.249. The second-order valence-electron chi connectivity index (χ2n) is 9.78. The number of nitrogens with zero attached hydrogens (tertiary/aromatic N) is 5. The van der Waals surface area contributed by atoms with Crippen LogP contribution in [0.3, 0.4) is 0 Å². The molecule has 0 saturated carbocycles. The number of rotatable bonds is 11. The minimum Gasteiger partial charge on any atom is -0.378 e. The standard InChI is InChI=1S/C26H32Cl2N8O3/c1-33(2)18-8-11-35(13-18)16-25(37)31-22-15-34(14-20(22)19-5-4-17(27)12-21(19)28)10-3-9-30-24-7-6-23(36(38)39)26(29)32-24/h4-7,12,14-15,18H,3,8-11,13,16H2,1-2H3,(H,31,37)(H3,29,30,32)/t18-/m1/s1. The number of nitrogen functional groups attached to an aromatic ring is 1. The smallest absolute Gasteiger partial charge is 0.311 e. The lowest BCUT2D eigenvalue weighted by Gasteiger charge is -2.20. The van der Waals surface area contributed by atoms with E-state index in [0.29, 0.717) is 53.6 Å². The number of anilines is 3. The number of benzene rings is 1. The molecule has 3 heterocycles. The summed E-state index contributed by atoms with van der Waals surface area (Å²) < 4.78 is 1.99. The first-order valence-corrected chi connectivity index (χ1v) is 13.3. The van der Waals surface area contributed by atoms with Gasteiger partial charge in [0.2, 0.25) is 11.7 Å². The van der Waals surface area contributed by atoms with E-state index in [0.717, 1.165) is 30.6 Å².